The maximum Gasteiger partial charge on any atom is 0.241 e. The molecule has 0 radical (unpaired) electrons. The van der Waals surface area contributed by atoms with Gasteiger partial charge in [0, 0.05) is 19.6 Å². The molecule has 3 N–H and O–H groups in total. The molecule has 0 saturated carbocycles. The van der Waals surface area contributed by atoms with Gasteiger partial charge < -0.3 is 16.0 Å². The number of unbranched alkanes of at least 4 members (excludes halogenated alkanes) is 6. The molecule has 5 nitrogen and oxygen atoms in total. The number of guanidine groups is 1. The molecule has 0 aliphatic rings. The fraction of sp³-hybridized carbons (Fsp3) is 0.875. The van der Waals surface area contributed by atoms with E-state index in [1.807, 2.05) is 13.8 Å². The quantitative estimate of drug-likeness (QED) is 0.294. The molecular weight excluding hydrogens is 264 g/mol. The molecule has 0 aromatic rings. The van der Waals surface area contributed by atoms with Gasteiger partial charge in [0.25, 0.3) is 0 Å². The SMILES string of the molecule is CCCCCCCCCNC(=NCC(=O)NCC)NCC. The third-order valence-corrected chi connectivity index (χ3v) is 3.17. The zero-order chi connectivity index (χ0) is 15.8. The molecular formula is C16H34N4O. The van der Waals surface area contributed by atoms with Crippen molar-refractivity contribution in [1.82, 2.24) is 16.0 Å². The zero-order valence-corrected chi connectivity index (χ0v) is 14.1. The van der Waals surface area contributed by atoms with Crippen LogP contribution in [0, 0.1) is 0 Å². The maximum atomic E-state index is 11.4. The van der Waals surface area contributed by atoms with Crippen LogP contribution in [0.15, 0.2) is 4.99 Å². The highest BCUT2D eigenvalue weighted by Crippen LogP contribution is 2.06. The van der Waals surface area contributed by atoms with E-state index in [-0.39, 0.29) is 12.5 Å². The lowest BCUT2D eigenvalue weighted by Gasteiger charge is -2.11. The fourth-order valence-corrected chi connectivity index (χ4v) is 2.03. The number of nitrogens with one attached hydrogen (secondary N) is 3. The van der Waals surface area contributed by atoms with Gasteiger partial charge in [0.2, 0.25) is 5.91 Å². The number of nitrogens with zero attached hydrogens (tertiary/aromatic N) is 1. The Hall–Kier alpha value is -1.26. The second-order valence-corrected chi connectivity index (χ2v) is 5.20. The van der Waals surface area contributed by atoms with Crippen molar-refractivity contribution in [3.8, 4) is 0 Å². The van der Waals surface area contributed by atoms with Crippen LogP contribution >= 0.6 is 0 Å². The summed E-state index contributed by atoms with van der Waals surface area (Å²) in [5.74, 6) is 0.695. The molecule has 124 valence electrons. The third-order valence-electron chi connectivity index (χ3n) is 3.17. The van der Waals surface area contributed by atoms with E-state index >= 15 is 0 Å². The van der Waals surface area contributed by atoms with Crippen molar-refractivity contribution in [2.75, 3.05) is 26.2 Å². The molecule has 1 amide bonds. The van der Waals surface area contributed by atoms with Gasteiger partial charge in [-0.25, -0.2) is 4.99 Å². The lowest BCUT2D eigenvalue weighted by atomic mass is 10.1. The van der Waals surface area contributed by atoms with Crippen molar-refractivity contribution in [1.29, 1.82) is 0 Å². The van der Waals surface area contributed by atoms with Gasteiger partial charge >= 0.3 is 0 Å². The predicted octanol–water partition coefficient (Wildman–Crippen LogP) is 2.43. The second-order valence-electron chi connectivity index (χ2n) is 5.20. The summed E-state index contributed by atoms with van der Waals surface area (Å²) in [4.78, 5) is 15.7. The molecule has 0 fully saturated rings. The molecule has 0 saturated heterocycles. The average molecular weight is 298 g/mol. The summed E-state index contributed by atoms with van der Waals surface area (Å²) in [5.41, 5.74) is 0. The number of carbonyl (C=O) groups is 1. The number of rotatable bonds is 12. The lowest BCUT2D eigenvalue weighted by Crippen LogP contribution is -2.39. The van der Waals surface area contributed by atoms with Crippen molar-refractivity contribution >= 4 is 11.9 Å². The van der Waals surface area contributed by atoms with E-state index in [4.69, 9.17) is 0 Å². The number of aliphatic imine (C=N–C) groups is 1. The molecule has 0 aromatic heterocycles. The maximum absolute atomic E-state index is 11.4. The van der Waals surface area contributed by atoms with Gasteiger partial charge in [-0.15, -0.1) is 0 Å². The Morgan fingerprint density at radius 2 is 1.43 bits per heavy atom. The summed E-state index contributed by atoms with van der Waals surface area (Å²) in [6.45, 7) is 8.72. The number of amides is 1. The van der Waals surface area contributed by atoms with Crippen molar-refractivity contribution < 1.29 is 4.79 Å². The van der Waals surface area contributed by atoms with Gasteiger partial charge in [0.05, 0.1) is 0 Å². The standard InChI is InChI=1S/C16H34N4O/c1-4-7-8-9-10-11-12-13-19-16(18-6-3)20-14-15(21)17-5-2/h4-14H2,1-3H3,(H,17,21)(H2,18,19,20). The molecule has 0 rings (SSSR count). The molecule has 0 aromatic carbocycles. The molecule has 0 unspecified atom stereocenters. The van der Waals surface area contributed by atoms with Crippen LogP contribution in [0.4, 0.5) is 0 Å². The molecule has 0 aliphatic heterocycles. The Morgan fingerprint density at radius 1 is 0.810 bits per heavy atom. The molecule has 5 heteroatoms. The minimum absolute atomic E-state index is 0.0365. The minimum atomic E-state index is -0.0365. The van der Waals surface area contributed by atoms with Gasteiger partial charge in [0.15, 0.2) is 5.96 Å². The summed E-state index contributed by atoms with van der Waals surface area (Å²) in [7, 11) is 0. The number of hydrogen-bond acceptors (Lipinski definition) is 2. The average Bonchev–Trinajstić information content (AvgIpc) is 2.47. The zero-order valence-electron chi connectivity index (χ0n) is 14.1. The van der Waals surface area contributed by atoms with E-state index in [2.05, 4.69) is 27.9 Å². The van der Waals surface area contributed by atoms with Gasteiger partial charge in [-0.05, 0) is 20.3 Å². The van der Waals surface area contributed by atoms with Crippen LogP contribution in [0.2, 0.25) is 0 Å². The van der Waals surface area contributed by atoms with E-state index < -0.39 is 0 Å². The van der Waals surface area contributed by atoms with Gasteiger partial charge in [-0.2, -0.15) is 0 Å². The summed E-state index contributed by atoms with van der Waals surface area (Å²) in [6.07, 6.45) is 9.09. The molecule has 21 heavy (non-hydrogen) atoms. The van der Waals surface area contributed by atoms with E-state index in [0.29, 0.717) is 6.54 Å². The van der Waals surface area contributed by atoms with Crippen LogP contribution in [0.5, 0.6) is 0 Å². The van der Waals surface area contributed by atoms with E-state index in [0.717, 1.165) is 25.5 Å². The first-order valence-electron chi connectivity index (χ1n) is 8.53. The largest absolute Gasteiger partial charge is 0.357 e. The summed E-state index contributed by atoms with van der Waals surface area (Å²) in [5, 5.41) is 9.18. The van der Waals surface area contributed by atoms with Crippen LogP contribution in [-0.2, 0) is 4.79 Å². The normalized spacial score (nSPS) is 11.3. The highest BCUT2D eigenvalue weighted by molar-refractivity contribution is 5.84. The summed E-state index contributed by atoms with van der Waals surface area (Å²) < 4.78 is 0. The first kappa shape index (κ1) is 19.7. The van der Waals surface area contributed by atoms with E-state index in [1.165, 1.54) is 38.5 Å². The lowest BCUT2D eigenvalue weighted by molar-refractivity contribution is -0.119. The Bertz CT molecular complexity index is 279. The number of likely N-dealkylation sites (N-methyl/N-ethyl adjacent to an activating group) is 1. The smallest absolute Gasteiger partial charge is 0.241 e. The summed E-state index contributed by atoms with van der Waals surface area (Å²) in [6, 6.07) is 0. The van der Waals surface area contributed by atoms with Crippen LogP contribution in [-0.4, -0.2) is 38.0 Å². The molecule has 0 aliphatic carbocycles. The highest BCUT2D eigenvalue weighted by Gasteiger charge is 2.00. The van der Waals surface area contributed by atoms with Crippen molar-refractivity contribution in [3.63, 3.8) is 0 Å². The van der Waals surface area contributed by atoms with E-state index in [1.54, 1.807) is 0 Å². The first-order valence-corrected chi connectivity index (χ1v) is 8.53. The van der Waals surface area contributed by atoms with Crippen molar-refractivity contribution in [2.24, 2.45) is 4.99 Å². The molecule has 0 spiro atoms. The first-order chi connectivity index (χ1) is 10.2. The van der Waals surface area contributed by atoms with Gasteiger partial charge in [-0.3, -0.25) is 4.79 Å². The van der Waals surface area contributed by atoms with Gasteiger partial charge in [-0.1, -0.05) is 45.4 Å². The molecule has 0 heterocycles. The van der Waals surface area contributed by atoms with Gasteiger partial charge in [0.1, 0.15) is 6.54 Å². The second kappa shape index (κ2) is 15.1. The van der Waals surface area contributed by atoms with Crippen molar-refractivity contribution in [3.05, 3.63) is 0 Å². The van der Waals surface area contributed by atoms with Crippen LogP contribution in [0.3, 0.4) is 0 Å². The molecule has 0 atom stereocenters. The Labute approximate surface area is 130 Å². The highest BCUT2D eigenvalue weighted by atomic mass is 16.1. The number of carbonyl (C=O) groups excluding carboxylic acids is 1. The summed E-state index contributed by atoms with van der Waals surface area (Å²) >= 11 is 0. The van der Waals surface area contributed by atoms with Crippen LogP contribution < -0.4 is 16.0 Å². The third kappa shape index (κ3) is 13.5. The predicted molar refractivity (Wildman–Crippen MR) is 90.7 cm³/mol. The number of hydrogen-bond donors (Lipinski definition) is 3. The minimum Gasteiger partial charge on any atom is -0.357 e. The van der Waals surface area contributed by atoms with E-state index in [9.17, 15) is 4.79 Å². The van der Waals surface area contributed by atoms with Crippen LogP contribution in [0.1, 0.15) is 65.7 Å². The Morgan fingerprint density at radius 3 is 2.05 bits per heavy atom. The monoisotopic (exact) mass is 298 g/mol. The fourth-order valence-electron chi connectivity index (χ4n) is 2.03. The van der Waals surface area contributed by atoms with Crippen LogP contribution in [0.25, 0.3) is 0 Å². The van der Waals surface area contributed by atoms with Crippen molar-refractivity contribution in [2.45, 2.75) is 65.7 Å². The molecule has 0 bridgehead atoms. The Balaban J connectivity index is 3.73. The Kier molecular flexibility index (Phi) is 14.2. The topological polar surface area (TPSA) is 65.5 Å².